The van der Waals surface area contributed by atoms with Gasteiger partial charge in [0, 0.05) is 16.9 Å². The number of hydrogen-bond donors (Lipinski definition) is 1. The first kappa shape index (κ1) is 12.8. The van der Waals surface area contributed by atoms with Crippen LogP contribution in [0.3, 0.4) is 0 Å². The van der Waals surface area contributed by atoms with E-state index in [0.717, 1.165) is 41.3 Å². The number of rotatable bonds is 6. The molecule has 15 heavy (non-hydrogen) atoms. The molecule has 1 rings (SSSR count). The van der Waals surface area contributed by atoms with Crippen molar-refractivity contribution < 1.29 is 0 Å². The van der Waals surface area contributed by atoms with Crippen LogP contribution in [0.2, 0.25) is 0 Å². The number of anilines is 1. The van der Waals surface area contributed by atoms with E-state index in [9.17, 15) is 0 Å². The molecule has 0 aliphatic heterocycles. The molecular formula is C11H16BrClN2. The van der Waals surface area contributed by atoms with Gasteiger partial charge in [0.2, 0.25) is 0 Å². The smallest absolute Gasteiger partial charge is 0.126 e. The highest BCUT2D eigenvalue weighted by Crippen LogP contribution is 2.16. The predicted molar refractivity (Wildman–Crippen MR) is 69.7 cm³/mol. The molecule has 2 nitrogen and oxygen atoms in total. The average molecular weight is 292 g/mol. The Hall–Kier alpha value is -0.280. The van der Waals surface area contributed by atoms with Gasteiger partial charge in [-0.2, -0.15) is 0 Å². The fourth-order valence-electron chi connectivity index (χ4n) is 1.26. The van der Waals surface area contributed by atoms with E-state index in [1.807, 2.05) is 19.1 Å². The van der Waals surface area contributed by atoms with Gasteiger partial charge in [0.25, 0.3) is 0 Å². The van der Waals surface area contributed by atoms with Crippen LogP contribution in [0, 0.1) is 6.92 Å². The third-order valence-electron chi connectivity index (χ3n) is 2.14. The maximum atomic E-state index is 5.60. The molecule has 0 atom stereocenters. The first-order valence-electron chi connectivity index (χ1n) is 5.17. The monoisotopic (exact) mass is 290 g/mol. The van der Waals surface area contributed by atoms with Crippen molar-refractivity contribution in [3.63, 3.8) is 0 Å². The lowest BCUT2D eigenvalue weighted by molar-refractivity contribution is 0.745. The van der Waals surface area contributed by atoms with Gasteiger partial charge in [-0.1, -0.05) is 6.42 Å². The fourth-order valence-corrected chi connectivity index (χ4v) is 1.67. The number of nitrogens with one attached hydrogen (secondary N) is 1. The van der Waals surface area contributed by atoms with Crippen molar-refractivity contribution in [2.45, 2.75) is 26.2 Å². The van der Waals surface area contributed by atoms with Gasteiger partial charge in [0.1, 0.15) is 5.82 Å². The van der Waals surface area contributed by atoms with E-state index in [2.05, 4.69) is 26.2 Å². The number of aromatic nitrogens is 1. The second-order valence-electron chi connectivity index (χ2n) is 3.44. The molecular weight excluding hydrogens is 275 g/mol. The van der Waals surface area contributed by atoms with Crippen molar-refractivity contribution in [2.75, 3.05) is 17.7 Å². The van der Waals surface area contributed by atoms with Crippen LogP contribution in [0.25, 0.3) is 0 Å². The summed E-state index contributed by atoms with van der Waals surface area (Å²) in [4.78, 5) is 4.41. The lowest BCUT2D eigenvalue weighted by atomic mass is 10.2. The zero-order valence-electron chi connectivity index (χ0n) is 8.89. The topological polar surface area (TPSA) is 24.9 Å². The first-order chi connectivity index (χ1) is 7.24. The Morgan fingerprint density at radius 2 is 2.13 bits per heavy atom. The van der Waals surface area contributed by atoms with E-state index in [1.165, 1.54) is 6.42 Å². The number of hydrogen-bond acceptors (Lipinski definition) is 2. The summed E-state index contributed by atoms with van der Waals surface area (Å²) in [5.41, 5.74) is 1.01. The standard InChI is InChI=1S/C11H16BrClN2/c1-9-10(12)5-6-11(15-9)14-8-4-2-3-7-13/h5-6H,2-4,7-8H2,1H3,(H,14,15). The molecule has 0 bridgehead atoms. The van der Waals surface area contributed by atoms with E-state index >= 15 is 0 Å². The van der Waals surface area contributed by atoms with Gasteiger partial charge in [0.15, 0.2) is 0 Å². The first-order valence-corrected chi connectivity index (χ1v) is 6.50. The molecule has 84 valence electrons. The number of aryl methyl sites for hydroxylation is 1. The Morgan fingerprint density at radius 1 is 1.33 bits per heavy atom. The van der Waals surface area contributed by atoms with Gasteiger partial charge >= 0.3 is 0 Å². The van der Waals surface area contributed by atoms with E-state index in [-0.39, 0.29) is 0 Å². The molecule has 1 aromatic heterocycles. The van der Waals surface area contributed by atoms with Crippen LogP contribution in [-0.2, 0) is 0 Å². The highest BCUT2D eigenvalue weighted by molar-refractivity contribution is 9.10. The molecule has 1 N–H and O–H groups in total. The van der Waals surface area contributed by atoms with Crippen molar-refractivity contribution in [1.82, 2.24) is 4.98 Å². The number of halogens is 2. The molecule has 0 aromatic carbocycles. The van der Waals surface area contributed by atoms with Gasteiger partial charge in [-0.3, -0.25) is 0 Å². The van der Waals surface area contributed by atoms with Crippen LogP contribution < -0.4 is 5.32 Å². The molecule has 0 aliphatic rings. The van der Waals surface area contributed by atoms with E-state index < -0.39 is 0 Å². The van der Waals surface area contributed by atoms with Crippen molar-refractivity contribution in [2.24, 2.45) is 0 Å². The average Bonchev–Trinajstić information content (AvgIpc) is 2.23. The molecule has 4 heteroatoms. The van der Waals surface area contributed by atoms with Crippen LogP contribution in [0.5, 0.6) is 0 Å². The second-order valence-corrected chi connectivity index (χ2v) is 4.67. The third-order valence-corrected chi connectivity index (χ3v) is 3.24. The second kappa shape index (κ2) is 7.07. The van der Waals surface area contributed by atoms with Crippen LogP contribution >= 0.6 is 27.5 Å². The van der Waals surface area contributed by atoms with E-state index in [4.69, 9.17) is 11.6 Å². The van der Waals surface area contributed by atoms with Crippen molar-refractivity contribution in [3.05, 3.63) is 22.3 Å². The van der Waals surface area contributed by atoms with Crippen LogP contribution in [-0.4, -0.2) is 17.4 Å². The predicted octanol–water partition coefficient (Wildman–Crippen LogP) is 3.97. The molecule has 0 unspecified atom stereocenters. The van der Waals surface area contributed by atoms with Crippen LogP contribution in [0.1, 0.15) is 25.0 Å². The molecule has 0 saturated heterocycles. The van der Waals surface area contributed by atoms with E-state index in [0.29, 0.717) is 0 Å². The Labute approximate surface area is 105 Å². The lowest BCUT2D eigenvalue weighted by Crippen LogP contribution is -2.03. The SMILES string of the molecule is Cc1nc(NCCCCCCl)ccc1Br. The summed E-state index contributed by atoms with van der Waals surface area (Å²) >= 11 is 9.02. The third kappa shape index (κ3) is 4.85. The molecule has 0 saturated carbocycles. The molecule has 1 heterocycles. The zero-order valence-corrected chi connectivity index (χ0v) is 11.2. The number of unbranched alkanes of at least 4 members (excludes halogenated alkanes) is 2. The van der Waals surface area contributed by atoms with Crippen LogP contribution in [0.4, 0.5) is 5.82 Å². The number of nitrogens with zero attached hydrogens (tertiary/aromatic N) is 1. The normalized spacial score (nSPS) is 10.3. The molecule has 1 aromatic rings. The van der Waals surface area contributed by atoms with Gasteiger partial charge in [-0.05, 0) is 47.8 Å². The maximum Gasteiger partial charge on any atom is 0.126 e. The van der Waals surface area contributed by atoms with Crippen molar-refractivity contribution in [3.8, 4) is 0 Å². The number of pyridine rings is 1. The van der Waals surface area contributed by atoms with Gasteiger partial charge in [-0.25, -0.2) is 4.98 Å². The van der Waals surface area contributed by atoms with Crippen molar-refractivity contribution in [1.29, 1.82) is 0 Å². The fraction of sp³-hybridized carbons (Fsp3) is 0.545. The minimum Gasteiger partial charge on any atom is -0.370 e. The Kier molecular flexibility index (Phi) is 6.03. The zero-order chi connectivity index (χ0) is 11.1. The van der Waals surface area contributed by atoms with E-state index in [1.54, 1.807) is 0 Å². The summed E-state index contributed by atoms with van der Waals surface area (Å²) in [5, 5.41) is 3.30. The lowest BCUT2D eigenvalue weighted by Gasteiger charge is -2.06. The summed E-state index contributed by atoms with van der Waals surface area (Å²) in [6, 6.07) is 4.00. The highest BCUT2D eigenvalue weighted by Gasteiger charge is 1.97. The summed E-state index contributed by atoms with van der Waals surface area (Å²) in [5.74, 6) is 1.71. The molecule has 0 fully saturated rings. The minimum absolute atomic E-state index is 0.760. The molecule has 0 aliphatic carbocycles. The summed E-state index contributed by atoms with van der Waals surface area (Å²) in [7, 11) is 0. The van der Waals surface area contributed by atoms with Gasteiger partial charge in [0.05, 0.1) is 5.69 Å². The van der Waals surface area contributed by atoms with Gasteiger partial charge in [-0.15, -0.1) is 11.6 Å². The molecule has 0 radical (unpaired) electrons. The highest BCUT2D eigenvalue weighted by atomic mass is 79.9. The van der Waals surface area contributed by atoms with Crippen LogP contribution in [0.15, 0.2) is 16.6 Å². The number of alkyl halides is 1. The molecule has 0 spiro atoms. The Morgan fingerprint density at radius 3 is 2.80 bits per heavy atom. The summed E-state index contributed by atoms with van der Waals surface area (Å²) in [6.45, 7) is 2.95. The quantitative estimate of drug-likeness (QED) is 0.633. The van der Waals surface area contributed by atoms with Gasteiger partial charge < -0.3 is 5.32 Å². The Bertz CT molecular complexity index is 305. The largest absolute Gasteiger partial charge is 0.370 e. The molecule has 0 amide bonds. The van der Waals surface area contributed by atoms with Crippen molar-refractivity contribution >= 4 is 33.3 Å². The summed E-state index contributed by atoms with van der Waals surface area (Å²) < 4.78 is 1.05. The Balaban J connectivity index is 2.28. The minimum atomic E-state index is 0.760. The maximum absolute atomic E-state index is 5.60. The summed E-state index contributed by atoms with van der Waals surface area (Å²) in [6.07, 6.45) is 3.41.